The Hall–Kier alpha value is -1.52. The molecule has 3 aromatic carbocycles. The molecule has 0 radical (unpaired) electrons. The van der Waals surface area contributed by atoms with Crippen molar-refractivity contribution in [3.05, 3.63) is 103 Å². The highest BCUT2D eigenvalue weighted by molar-refractivity contribution is 6.60. The first-order chi connectivity index (χ1) is 15.2. The Morgan fingerprint density at radius 1 is 0.531 bits per heavy atom. The second-order valence-electron chi connectivity index (χ2n) is 6.87. The van der Waals surface area contributed by atoms with Gasteiger partial charge in [-0.15, -0.1) is 0 Å². The van der Waals surface area contributed by atoms with Crippen molar-refractivity contribution in [2.45, 2.75) is 13.8 Å². The van der Waals surface area contributed by atoms with Crippen molar-refractivity contribution < 1.29 is 0 Å². The van der Waals surface area contributed by atoms with Gasteiger partial charge in [0.1, 0.15) is 19.3 Å². The lowest BCUT2D eigenvalue weighted by Crippen LogP contribution is -2.18. The Kier molecular flexibility index (Phi) is 8.68. The minimum atomic E-state index is -0.0568. The van der Waals surface area contributed by atoms with E-state index in [0.29, 0.717) is 0 Å². The Balaban J connectivity index is 2.30. The maximum Gasteiger partial charge on any atom is 0.144 e. The lowest BCUT2D eigenvalue weighted by Gasteiger charge is -2.31. The van der Waals surface area contributed by atoms with Crippen LogP contribution in [0.4, 0.5) is 22.7 Å². The molecule has 3 rings (SSSR count). The van der Waals surface area contributed by atoms with Crippen molar-refractivity contribution >= 4 is 92.4 Å². The molecular weight excluding hydrogens is 529 g/mol. The monoisotopic (exact) mass is 544 g/mol. The number of hydrogen-bond donors (Lipinski definition) is 0. The minimum absolute atomic E-state index is 0.0568. The van der Waals surface area contributed by atoms with Crippen LogP contribution >= 0.6 is 69.6 Å². The summed E-state index contributed by atoms with van der Waals surface area (Å²) in [7, 11) is 0. The van der Waals surface area contributed by atoms with Gasteiger partial charge >= 0.3 is 0 Å². The van der Waals surface area contributed by atoms with Gasteiger partial charge in [-0.05, 0) is 55.3 Å². The van der Waals surface area contributed by atoms with Crippen LogP contribution < -0.4 is 9.80 Å². The van der Waals surface area contributed by atoms with E-state index in [9.17, 15) is 0 Å². The number of rotatable bonds is 6. The standard InChI is InChI=1S/C24H18Cl6N2/c1-15-13-16(2)20(32(24(30)22(27)28)18-11-7-4-8-12-18)14-19(15)31(23(29)21(25)26)17-9-5-3-6-10-17/h3-14H,1-2H3. The molecule has 0 unspecified atom stereocenters. The molecule has 0 heterocycles. The number of nitrogens with zero attached hydrogens (tertiary/aromatic N) is 2. The Labute approximate surface area is 218 Å². The normalized spacial score (nSPS) is 10.5. The molecule has 0 aliphatic heterocycles. The molecule has 0 N–H and O–H groups in total. The van der Waals surface area contributed by atoms with E-state index in [2.05, 4.69) is 0 Å². The molecule has 0 spiro atoms. The number of halogens is 6. The van der Waals surface area contributed by atoms with Crippen LogP contribution in [0.15, 0.2) is 92.1 Å². The highest BCUT2D eigenvalue weighted by Gasteiger charge is 2.23. The van der Waals surface area contributed by atoms with Crippen LogP contribution in [-0.2, 0) is 0 Å². The predicted octanol–water partition coefficient (Wildman–Crippen LogP) is 10.3. The van der Waals surface area contributed by atoms with Crippen molar-refractivity contribution in [2.24, 2.45) is 0 Å². The van der Waals surface area contributed by atoms with Crippen molar-refractivity contribution in [2.75, 3.05) is 9.80 Å². The van der Waals surface area contributed by atoms with Crippen molar-refractivity contribution in [3.8, 4) is 0 Å². The highest BCUT2D eigenvalue weighted by Crippen LogP contribution is 2.43. The number of hydrogen-bond acceptors (Lipinski definition) is 2. The molecule has 3 aromatic rings. The summed E-state index contributed by atoms with van der Waals surface area (Å²) in [5.41, 5.74) is 5.00. The number of anilines is 4. The van der Waals surface area contributed by atoms with Gasteiger partial charge in [-0.25, -0.2) is 0 Å². The first-order valence-corrected chi connectivity index (χ1v) is 11.7. The maximum absolute atomic E-state index is 6.57. The fourth-order valence-electron chi connectivity index (χ4n) is 3.35. The van der Waals surface area contributed by atoms with Gasteiger partial charge < -0.3 is 0 Å². The summed E-state index contributed by atoms with van der Waals surface area (Å²) in [6, 6.07) is 23.1. The van der Waals surface area contributed by atoms with E-state index in [0.717, 1.165) is 33.9 Å². The SMILES string of the molecule is Cc1cc(C)c(N(C(Cl)=C(Cl)Cl)c2ccccc2)cc1N(C(Cl)=C(Cl)Cl)c1ccccc1. The van der Waals surface area contributed by atoms with Crippen LogP contribution in [0.2, 0.25) is 0 Å². The summed E-state index contributed by atoms with van der Waals surface area (Å²) in [4.78, 5) is 3.55. The van der Waals surface area contributed by atoms with Crippen molar-refractivity contribution in [3.63, 3.8) is 0 Å². The molecule has 0 amide bonds. The molecule has 2 nitrogen and oxygen atoms in total. The van der Waals surface area contributed by atoms with Crippen LogP contribution in [0.25, 0.3) is 0 Å². The molecule has 0 aromatic heterocycles. The number of aryl methyl sites for hydroxylation is 2. The third kappa shape index (κ3) is 5.51. The third-order valence-electron chi connectivity index (χ3n) is 4.73. The molecule has 32 heavy (non-hydrogen) atoms. The van der Waals surface area contributed by atoms with E-state index in [1.165, 1.54) is 0 Å². The van der Waals surface area contributed by atoms with Gasteiger partial charge in [-0.3, -0.25) is 9.80 Å². The molecular formula is C24H18Cl6N2. The molecule has 0 bridgehead atoms. The Bertz CT molecular complexity index is 1060. The van der Waals surface area contributed by atoms with Gasteiger partial charge in [0.15, 0.2) is 0 Å². The first kappa shape index (κ1) is 25.1. The lowest BCUT2D eigenvalue weighted by atomic mass is 10.1. The van der Waals surface area contributed by atoms with E-state index >= 15 is 0 Å². The zero-order chi connectivity index (χ0) is 23.4. The molecule has 0 atom stereocenters. The topological polar surface area (TPSA) is 6.48 Å². The lowest BCUT2D eigenvalue weighted by molar-refractivity contribution is 1.18. The second kappa shape index (κ2) is 11.1. The molecule has 0 aliphatic carbocycles. The smallest absolute Gasteiger partial charge is 0.144 e. The summed E-state index contributed by atoms with van der Waals surface area (Å²) in [5, 5.41) is 0.335. The van der Waals surface area contributed by atoms with Gasteiger partial charge in [0.25, 0.3) is 0 Å². The molecule has 166 valence electrons. The minimum Gasteiger partial charge on any atom is -0.298 e. The Morgan fingerprint density at radius 2 is 0.875 bits per heavy atom. The predicted molar refractivity (Wildman–Crippen MR) is 142 cm³/mol. The fourth-order valence-corrected chi connectivity index (χ4v) is 4.07. The molecule has 0 aliphatic rings. The quantitative estimate of drug-likeness (QED) is 0.284. The van der Waals surface area contributed by atoms with Crippen LogP contribution in [0.1, 0.15) is 11.1 Å². The van der Waals surface area contributed by atoms with E-state index in [4.69, 9.17) is 69.6 Å². The van der Waals surface area contributed by atoms with Crippen molar-refractivity contribution in [1.82, 2.24) is 0 Å². The van der Waals surface area contributed by atoms with Gasteiger partial charge in [0, 0.05) is 11.4 Å². The van der Waals surface area contributed by atoms with Gasteiger partial charge in [0.2, 0.25) is 0 Å². The maximum atomic E-state index is 6.57. The van der Waals surface area contributed by atoms with E-state index < -0.39 is 0 Å². The Morgan fingerprint density at radius 3 is 1.19 bits per heavy atom. The number of para-hydroxylation sites is 2. The average molecular weight is 547 g/mol. The summed E-state index contributed by atoms with van der Waals surface area (Å²) in [6.45, 7) is 3.96. The van der Waals surface area contributed by atoms with Gasteiger partial charge in [0.05, 0.1) is 11.4 Å². The second-order valence-corrected chi connectivity index (χ2v) is 9.48. The fraction of sp³-hybridized carbons (Fsp3) is 0.0833. The summed E-state index contributed by atoms with van der Waals surface area (Å²) in [6.07, 6.45) is 0. The molecule has 0 saturated carbocycles. The van der Waals surface area contributed by atoms with Gasteiger partial charge in [-0.2, -0.15) is 0 Å². The van der Waals surface area contributed by atoms with E-state index in [-0.39, 0.29) is 19.3 Å². The summed E-state index contributed by atoms with van der Waals surface area (Å²) < 4.78 is -0.114. The zero-order valence-electron chi connectivity index (χ0n) is 17.1. The molecule has 0 saturated heterocycles. The van der Waals surface area contributed by atoms with Crippen LogP contribution in [0, 0.1) is 13.8 Å². The third-order valence-corrected chi connectivity index (χ3v) is 6.55. The summed E-state index contributed by atoms with van der Waals surface area (Å²) >= 11 is 37.5. The van der Waals surface area contributed by atoms with Gasteiger partial charge in [-0.1, -0.05) is 112 Å². The van der Waals surface area contributed by atoms with Crippen molar-refractivity contribution in [1.29, 1.82) is 0 Å². The van der Waals surface area contributed by atoms with Crippen LogP contribution in [0.5, 0.6) is 0 Å². The summed E-state index contributed by atoms with van der Waals surface area (Å²) in [5.74, 6) is 0. The number of benzene rings is 3. The van der Waals surface area contributed by atoms with E-state index in [1.54, 1.807) is 9.80 Å². The largest absolute Gasteiger partial charge is 0.298 e. The van der Waals surface area contributed by atoms with E-state index in [1.807, 2.05) is 86.6 Å². The zero-order valence-corrected chi connectivity index (χ0v) is 21.6. The van der Waals surface area contributed by atoms with Crippen LogP contribution in [0.3, 0.4) is 0 Å². The molecule has 0 fully saturated rings. The molecule has 8 heteroatoms. The first-order valence-electron chi connectivity index (χ1n) is 9.45. The highest BCUT2D eigenvalue weighted by atomic mass is 35.5. The average Bonchev–Trinajstić information content (AvgIpc) is 2.77. The van der Waals surface area contributed by atoms with Crippen LogP contribution in [-0.4, -0.2) is 0 Å².